The molecule has 0 unspecified atom stereocenters. The highest BCUT2D eigenvalue weighted by Crippen LogP contribution is 2.37. The number of carbonyl (C=O) groups is 2. The minimum atomic E-state index is -0.602. The zero-order chi connectivity index (χ0) is 24.0. The Balaban J connectivity index is 1.62. The number of benzene rings is 3. The lowest BCUT2D eigenvalue weighted by atomic mass is 10.1. The Labute approximate surface area is 199 Å². The Bertz CT molecular complexity index is 1190. The van der Waals surface area contributed by atoms with Crippen LogP contribution in [0.2, 0.25) is 5.02 Å². The van der Waals surface area contributed by atoms with Crippen molar-refractivity contribution < 1.29 is 23.5 Å². The van der Waals surface area contributed by atoms with Crippen molar-refractivity contribution in [2.45, 2.75) is 11.8 Å². The highest BCUT2D eigenvalue weighted by Gasteiger charge is 2.14. The number of carbonyl (C=O) groups excluding carboxylic acids is 2. The second kappa shape index (κ2) is 10.9. The largest absolute Gasteiger partial charge is 0.495 e. The summed E-state index contributed by atoms with van der Waals surface area (Å²) in [5.41, 5.74) is 1.65. The topological polar surface area (TPSA) is 88.7 Å². The molecule has 0 aromatic heterocycles. The van der Waals surface area contributed by atoms with Crippen molar-refractivity contribution in [3.05, 3.63) is 76.6 Å². The van der Waals surface area contributed by atoms with Crippen LogP contribution < -0.4 is 24.8 Å². The number of halogens is 2. The Kier molecular flexibility index (Phi) is 8.02. The first-order valence-electron chi connectivity index (χ1n) is 9.64. The van der Waals surface area contributed by atoms with Crippen LogP contribution in [0, 0.1) is 12.7 Å². The van der Waals surface area contributed by atoms with E-state index in [1.807, 2.05) is 0 Å². The van der Waals surface area contributed by atoms with E-state index in [4.69, 9.17) is 21.1 Å². The van der Waals surface area contributed by atoms with Gasteiger partial charge in [-0.2, -0.15) is 0 Å². The van der Waals surface area contributed by atoms with Crippen molar-refractivity contribution in [1.82, 2.24) is 4.72 Å². The number of ether oxygens (including phenoxy) is 2. The zero-order valence-corrected chi connectivity index (χ0v) is 19.6. The third kappa shape index (κ3) is 6.09. The van der Waals surface area contributed by atoms with Crippen LogP contribution in [0.5, 0.6) is 11.5 Å². The summed E-state index contributed by atoms with van der Waals surface area (Å²) in [5.74, 6) is -0.208. The lowest BCUT2D eigenvalue weighted by Crippen LogP contribution is -2.23. The highest BCUT2D eigenvalue weighted by atomic mass is 35.5. The quantitative estimate of drug-likeness (QED) is 0.360. The first-order chi connectivity index (χ1) is 15.8. The summed E-state index contributed by atoms with van der Waals surface area (Å²) in [7, 11) is 3.00. The zero-order valence-electron chi connectivity index (χ0n) is 18.0. The van der Waals surface area contributed by atoms with Gasteiger partial charge in [0, 0.05) is 17.4 Å². The average Bonchev–Trinajstić information content (AvgIpc) is 2.79. The van der Waals surface area contributed by atoms with Gasteiger partial charge in [0.05, 0.1) is 29.7 Å². The van der Waals surface area contributed by atoms with E-state index >= 15 is 0 Å². The maximum absolute atomic E-state index is 13.8. The van der Waals surface area contributed by atoms with E-state index in [1.165, 1.54) is 32.4 Å². The standard InChI is InChI=1S/C23H21ClFN3O4S/c1-13-10-14(8-9-18(13)27-22(29)15-6-4-5-7-17(15)25)26-23(30)28-33-21-11-16(24)19(31-2)12-20(21)32-3/h4-12H,1-3H3,(H,27,29)(H2,26,28,30). The van der Waals surface area contributed by atoms with Crippen molar-refractivity contribution in [1.29, 1.82) is 0 Å². The highest BCUT2D eigenvalue weighted by molar-refractivity contribution is 7.98. The molecule has 7 nitrogen and oxygen atoms in total. The maximum atomic E-state index is 13.8. The second-order valence-corrected chi connectivity index (χ2v) is 8.01. The molecule has 0 aliphatic heterocycles. The Hall–Kier alpha value is -3.43. The van der Waals surface area contributed by atoms with Crippen LogP contribution in [0.1, 0.15) is 15.9 Å². The smallest absolute Gasteiger partial charge is 0.329 e. The summed E-state index contributed by atoms with van der Waals surface area (Å²) < 4.78 is 26.9. The second-order valence-electron chi connectivity index (χ2n) is 6.76. The SMILES string of the molecule is COc1cc(OC)c(SNC(=O)Nc2ccc(NC(=O)c3ccccc3F)c(C)c2)cc1Cl. The first-order valence-corrected chi connectivity index (χ1v) is 10.8. The number of hydrogen-bond acceptors (Lipinski definition) is 5. The lowest BCUT2D eigenvalue weighted by Gasteiger charge is -2.13. The van der Waals surface area contributed by atoms with Crippen LogP contribution in [0.4, 0.5) is 20.6 Å². The number of urea groups is 1. The van der Waals surface area contributed by atoms with Gasteiger partial charge in [0.2, 0.25) is 0 Å². The molecule has 0 bridgehead atoms. The van der Waals surface area contributed by atoms with Crippen molar-refractivity contribution >= 4 is 46.9 Å². The van der Waals surface area contributed by atoms with Gasteiger partial charge in [-0.05, 0) is 60.8 Å². The summed E-state index contributed by atoms with van der Waals surface area (Å²) >= 11 is 7.17. The van der Waals surface area contributed by atoms with Crippen molar-refractivity contribution in [2.75, 3.05) is 24.9 Å². The summed E-state index contributed by atoms with van der Waals surface area (Å²) in [6, 6.07) is 13.4. The molecule has 0 saturated carbocycles. The molecule has 0 spiro atoms. The Morgan fingerprint density at radius 1 is 0.970 bits per heavy atom. The van der Waals surface area contributed by atoms with Gasteiger partial charge in [-0.15, -0.1) is 0 Å². The fraction of sp³-hybridized carbons (Fsp3) is 0.130. The first kappa shape index (κ1) is 24.2. The summed E-state index contributed by atoms with van der Waals surface area (Å²) in [6.45, 7) is 1.76. The van der Waals surface area contributed by atoms with Crippen LogP contribution >= 0.6 is 23.5 Å². The predicted octanol–water partition coefficient (Wildman–Crippen LogP) is 5.89. The molecule has 172 valence electrons. The van der Waals surface area contributed by atoms with Crippen molar-refractivity contribution in [2.24, 2.45) is 0 Å². The van der Waals surface area contributed by atoms with Crippen LogP contribution in [0.15, 0.2) is 59.5 Å². The molecule has 3 amide bonds. The third-order valence-corrected chi connectivity index (χ3v) is 5.66. The lowest BCUT2D eigenvalue weighted by molar-refractivity contribution is 0.102. The number of hydrogen-bond donors (Lipinski definition) is 3. The third-order valence-electron chi connectivity index (χ3n) is 4.54. The van der Waals surface area contributed by atoms with Gasteiger partial charge in [-0.25, -0.2) is 9.18 Å². The number of aryl methyl sites for hydroxylation is 1. The minimum Gasteiger partial charge on any atom is -0.495 e. The molecule has 3 rings (SSSR count). The Morgan fingerprint density at radius 3 is 2.36 bits per heavy atom. The van der Waals surface area contributed by atoms with Crippen LogP contribution in [-0.4, -0.2) is 26.2 Å². The maximum Gasteiger partial charge on any atom is 0.329 e. The number of amides is 3. The van der Waals surface area contributed by atoms with E-state index in [2.05, 4.69) is 15.4 Å². The molecule has 0 aliphatic rings. The van der Waals surface area contributed by atoms with E-state index in [1.54, 1.807) is 43.3 Å². The molecular weight excluding hydrogens is 469 g/mol. The molecule has 0 radical (unpaired) electrons. The van der Waals surface area contributed by atoms with E-state index in [0.717, 1.165) is 11.9 Å². The van der Waals surface area contributed by atoms with E-state index in [-0.39, 0.29) is 5.56 Å². The van der Waals surface area contributed by atoms with Crippen molar-refractivity contribution in [3.8, 4) is 11.5 Å². The van der Waals surface area contributed by atoms with Gasteiger partial charge in [0.15, 0.2) is 0 Å². The van der Waals surface area contributed by atoms with Gasteiger partial charge in [-0.1, -0.05) is 23.7 Å². The van der Waals surface area contributed by atoms with E-state index < -0.39 is 17.8 Å². The average molecular weight is 490 g/mol. The molecule has 3 aromatic carbocycles. The molecule has 0 atom stereocenters. The number of methoxy groups -OCH3 is 2. The fourth-order valence-electron chi connectivity index (χ4n) is 2.89. The van der Waals surface area contributed by atoms with Gasteiger partial charge >= 0.3 is 6.03 Å². The van der Waals surface area contributed by atoms with Crippen LogP contribution in [-0.2, 0) is 0 Å². The summed E-state index contributed by atoms with van der Waals surface area (Å²) in [5, 5.41) is 5.76. The summed E-state index contributed by atoms with van der Waals surface area (Å²) in [6.07, 6.45) is 0. The van der Waals surface area contributed by atoms with E-state index in [0.29, 0.717) is 38.4 Å². The van der Waals surface area contributed by atoms with Crippen LogP contribution in [0.25, 0.3) is 0 Å². The molecule has 3 N–H and O–H groups in total. The monoisotopic (exact) mass is 489 g/mol. The fourth-order valence-corrected chi connectivity index (χ4v) is 3.87. The Morgan fingerprint density at radius 2 is 1.70 bits per heavy atom. The van der Waals surface area contributed by atoms with Crippen LogP contribution in [0.3, 0.4) is 0 Å². The predicted molar refractivity (Wildman–Crippen MR) is 128 cm³/mol. The number of nitrogens with one attached hydrogen (secondary N) is 3. The number of rotatable bonds is 7. The molecule has 0 fully saturated rings. The molecular formula is C23H21ClFN3O4S. The van der Waals surface area contributed by atoms with Gasteiger partial charge in [0.1, 0.15) is 17.3 Å². The van der Waals surface area contributed by atoms with Gasteiger partial charge in [0.25, 0.3) is 5.91 Å². The molecule has 33 heavy (non-hydrogen) atoms. The molecule has 0 heterocycles. The van der Waals surface area contributed by atoms with Gasteiger partial charge < -0.3 is 20.1 Å². The molecule has 0 aliphatic carbocycles. The number of anilines is 2. The van der Waals surface area contributed by atoms with E-state index in [9.17, 15) is 14.0 Å². The normalized spacial score (nSPS) is 10.3. The minimum absolute atomic E-state index is 0.0513. The summed E-state index contributed by atoms with van der Waals surface area (Å²) in [4.78, 5) is 25.3. The molecule has 10 heteroatoms. The molecule has 0 saturated heterocycles. The van der Waals surface area contributed by atoms with Crippen molar-refractivity contribution in [3.63, 3.8) is 0 Å². The van der Waals surface area contributed by atoms with Gasteiger partial charge in [-0.3, -0.25) is 9.52 Å². The molecule has 3 aromatic rings.